The maximum Gasteiger partial charge on any atom is 0.262 e. The first-order chi connectivity index (χ1) is 13.8. The molecule has 0 bridgehead atoms. The van der Waals surface area contributed by atoms with Crippen molar-refractivity contribution in [1.29, 1.82) is 0 Å². The Morgan fingerprint density at radius 2 is 1.90 bits per heavy atom. The molecule has 4 rings (SSSR count). The molecule has 29 heavy (non-hydrogen) atoms. The number of rotatable bonds is 5. The molecule has 2 heterocycles. The average Bonchev–Trinajstić information content (AvgIpc) is 3.09. The van der Waals surface area contributed by atoms with Gasteiger partial charge < -0.3 is 0 Å². The quantitative estimate of drug-likeness (QED) is 0.408. The van der Waals surface area contributed by atoms with Crippen molar-refractivity contribution in [2.75, 3.05) is 0 Å². The molecule has 5 nitrogen and oxygen atoms in total. The van der Waals surface area contributed by atoms with Gasteiger partial charge in [-0.1, -0.05) is 61.0 Å². The van der Waals surface area contributed by atoms with E-state index in [4.69, 9.17) is 11.6 Å². The number of aromatic nitrogens is 4. The summed E-state index contributed by atoms with van der Waals surface area (Å²) in [7, 11) is 0. The van der Waals surface area contributed by atoms with Crippen LogP contribution in [0.25, 0.3) is 16.7 Å². The van der Waals surface area contributed by atoms with E-state index in [0.29, 0.717) is 28.6 Å². The number of hydrogen-bond donors (Lipinski definition) is 0. The fourth-order valence-corrected chi connectivity index (χ4v) is 4.66. The van der Waals surface area contributed by atoms with E-state index < -0.39 is 0 Å². The molecule has 0 radical (unpaired) electrons. The molecule has 2 aromatic heterocycles. The molecule has 0 aliphatic carbocycles. The second kappa shape index (κ2) is 7.84. The number of nitrogens with zero attached hydrogens (tertiary/aromatic N) is 4. The summed E-state index contributed by atoms with van der Waals surface area (Å²) in [5, 5.41) is 10.7. The third kappa shape index (κ3) is 3.79. The van der Waals surface area contributed by atoms with E-state index in [1.807, 2.05) is 10.5 Å². The fourth-order valence-electron chi connectivity index (χ4n) is 3.48. The van der Waals surface area contributed by atoms with Gasteiger partial charge in [0.25, 0.3) is 5.56 Å². The third-order valence-electron chi connectivity index (χ3n) is 4.94. The zero-order chi connectivity index (χ0) is 20.7. The summed E-state index contributed by atoms with van der Waals surface area (Å²) in [5.41, 5.74) is 4.47. The number of benzene rings is 2. The lowest BCUT2D eigenvalue weighted by Gasteiger charge is -2.13. The Hall–Kier alpha value is -2.31. The highest BCUT2D eigenvalue weighted by atomic mass is 35.5. The highest BCUT2D eigenvalue weighted by molar-refractivity contribution is 7.98. The Balaban J connectivity index is 1.87. The molecule has 150 valence electrons. The van der Waals surface area contributed by atoms with Crippen molar-refractivity contribution in [2.24, 2.45) is 5.92 Å². The molecule has 0 saturated carbocycles. The van der Waals surface area contributed by atoms with Crippen molar-refractivity contribution < 1.29 is 0 Å². The Bertz CT molecular complexity index is 1280. The summed E-state index contributed by atoms with van der Waals surface area (Å²) in [4.78, 5) is 13.1. The normalized spacial score (nSPS) is 11.8. The van der Waals surface area contributed by atoms with Crippen LogP contribution in [-0.2, 0) is 12.3 Å². The lowest BCUT2D eigenvalue weighted by atomic mass is 10.1. The van der Waals surface area contributed by atoms with Crippen LogP contribution < -0.4 is 5.56 Å². The van der Waals surface area contributed by atoms with E-state index in [0.717, 1.165) is 16.4 Å². The first-order valence-corrected chi connectivity index (χ1v) is 11.0. The van der Waals surface area contributed by atoms with Crippen LogP contribution in [0.4, 0.5) is 0 Å². The van der Waals surface area contributed by atoms with Crippen LogP contribution in [0, 0.1) is 19.8 Å². The summed E-state index contributed by atoms with van der Waals surface area (Å²) in [6, 6.07) is 11.9. The topological polar surface area (TPSA) is 52.2 Å². The van der Waals surface area contributed by atoms with Crippen molar-refractivity contribution in [2.45, 2.75) is 45.1 Å². The molecule has 0 saturated heterocycles. The van der Waals surface area contributed by atoms with Gasteiger partial charge in [-0.3, -0.25) is 13.8 Å². The van der Waals surface area contributed by atoms with Crippen LogP contribution in [-0.4, -0.2) is 19.2 Å². The predicted molar refractivity (Wildman–Crippen MR) is 120 cm³/mol. The monoisotopic (exact) mass is 426 g/mol. The van der Waals surface area contributed by atoms with Crippen LogP contribution >= 0.6 is 23.4 Å². The molecule has 4 aromatic rings. The molecule has 2 aromatic carbocycles. The number of fused-ring (bicyclic) bond motifs is 3. The summed E-state index contributed by atoms with van der Waals surface area (Å²) in [5.74, 6) is 1.66. The highest BCUT2D eigenvalue weighted by Crippen LogP contribution is 2.27. The first-order valence-electron chi connectivity index (χ1n) is 9.61. The highest BCUT2D eigenvalue weighted by Gasteiger charge is 2.18. The summed E-state index contributed by atoms with van der Waals surface area (Å²) < 4.78 is 3.68. The molecule has 0 unspecified atom stereocenters. The number of halogens is 1. The van der Waals surface area contributed by atoms with Crippen LogP contribution in [0.2, 0.25) is 5.02 Å². The van der Waals surface area contributed by atoms with Crippen molar-refractivity contribution in [3.8, 4) is 0 Å². The van der Waals surface area contributed by atoms with Gasteiger partial charge in [-0.05, 0) is 49.1 Å². The fraction of sp³-hybridized carbons (Fsp3) is 0.318. The SMILES string of the molecule is Cc1ccc(C)c(CSc2nnc3n(CC(C)C)c(=O)c4cc(Cl)ccc4n23)c1. The van der Waals surface area contributed by atoms with E-state index in [-0.39, 0.29) is 5.56 Å². The standard InChI is InChI=1S/C22H23ClN4OS/c1-13(2)11-26-20(28)18-10-17(23)7-8-19(18)27-21(26)24-25-22(27)29-12-16-9-14(3)5-6-15(16)4/h5-10,13H,11-12H2,1-4H3. The van der Waals surface area contributed by atoms with Gasteiger partial charge in [-0.25, -0.2) is 0 Å². The second-order valence-corrected chi connectivity index (χ2v) is 9.19. The third-order valence-corrected chi connectivity index (χ3v) is 6.15. The Morgan fingerprint density at radius 3 is 2.66 bits per heavy atom. The minimum absolute atomic E-state index is 0.0813. The van der Waals surface area contributed by atoms with Gasteiger partial charge in [0.05, 0.1) is 10.9 Å². The van der Waals surface area contributed by atoms with E-state index in [1.54, 1.807) is 28.5 Å². The maximum absolute atomic E-state index is 13.1. The molecule has 0 atom stereocenters. The lowest BCUT2D eigenvalue weighted by Crippen LogP contribution is -2.25. The van der Waals surface area contributed by atoms with E-state index in [9.17, 15) is 4.79 Å². The largest absolute Gasteiger partial charge is 0.276 e. The van der Waals surface area contributed by atoms with Gasteiger partial charge in [0.1, 0.15) is 0 Å². The minimum atomic E-state index is -0.0813. The molecule has 7 heteroatoms. The molecule has 0 spiro atoms. The van der Waals surface area contributed by atoms with Gasteiger partial charge in [0, 0.05) is 17.3 Å². The maximum atomic E-state index is 13.1. The summed E-state index contributed by atoms with van der Waals surface area (Å²) in [6.45, 7) is 8.96. The molecule has 0 amide bonds. The summed E-state index contributed by atoms with van der Waals surface area (Å²) >= 11 is 7.82. The predicted octanol–water partition coefficient (Wildman–Crippen LogP) is 5.26. The molecule has 0 N–H and O–H groups in total. The number of hydrogen-bond acceptors (Lipinski definition) is 4. The van der Waals surface area contributed by atoms with Crippen molar-refractivity contribution >= 4 is 40.0 Å². The number of aryl methyl sites for hydroxylation is 2. The van der Waals surface area contributed by atoms with Crippen molar-refractivity contribution in [1.82, 2.24) is 19.2 Å². The van der Waals surface area contributed by atoms with E-state index in [1.165, 1.54) is 16.7 Å². The van der Waals surface area contributed by atoms with E-state index in [2.05, 4.69) is 56.1 Å². The molecule has 0 aliphatic rings. The van der Waals surface area contributed by atoms with E-state index >= 15 is 0 Å². The average molecular weight is 427 g/mol. The zero-order valence-electron chi connectivity index (χ0n) is 16.9. The zero-order valence-corrected chi connectivity index (χ0v) is 18.5. The Morgan fingerprint density at radius 1 is 1.10 bits per heavy atom. The van der Waals surface area contributed by atoms with Gasteiger partial charge in [0.2, 0.25) is 5.78 Å². The van der Waals surface area contributed by atoms with Gasteiger partial charge in [-0.15, -0.1) is 10.2 Å². The smallest absolute Gasteiger partial charge is 0.262 e. The van der Waals surface area contributed by atoms with Crippen LogP contribution in [0.3, 0.4) is 0 Å². The number of thioether (sulfide) groups is 1. The van der Waals surface area contributed by atoms with Gasteiger partial charge >= 0.3 is 0 Å². The minimum Gasteiger partial charge on any atom is -0.276 e. The summed E-state index contributed by atoms with van der Waals surface area (Å²) in [6.07, 6.45) is 0. The molecule has 0 aliphatic heterocycles. The van der Waals surface area contributed by atoms with Crippen LogP contribution in [0.15, 0.2) is 46.3 Å². The second-order valence-electron chi connectivity index (χ2n) is 7.81. The van der Waals surface area contributed by atoms with Gasteiger partial charge in [0.15, 0.2) is 5.16 Å². The lowest BCUT2D eigenvalue weighted by molar-refractivity contribution is 0.517. The van der Waals surface area contributed by atoms with Crippen molar-refractivity contribution in [3.63, 3.8) is 0 Å². The van der Waals surface area contributed by atoms with Crippen molar-refractivity contribution in [3.05, 3.63) is 68.5 Å². The Labute approximate surface area is 178 Å². The van der Waals surface area contributed by atoms with Crippen LogP contribution in [0.5, 0.6) is 0 Å². The molecular weight excluding hydrogens is 404 g/mol. The molecule has 0 fully saturated rings. The van der Waals surface area contributed by atoms with Gasteiger partial charge in [-0.2, -0.15) is 0 Å². The first kappa shape index (κ1) is 20.0. The molecular formula is C22H23ClN4OS. The van der Waals surface area contributed by atoms with Crippen LogP contribution in [0.1, 0.15) is 30.5 Å². The Kier molecular flexibility index (Phi) is 5.40.